The van der Waals surface area contributed by atoms with E-state index in [-0.39, 0.29) is 36.4 Å². The number of carbonyl (C=O) groups excluding carboxylic acids is 1. The molecular formula is C17H24FIN6O. The molecule has 7 nitrogen and oxygen atoms in total. The molecule has 0 atom stereocenters. The van der Waals surface area contributed by atoms with E-state index in [0.29, 0.717) is 24.7 Å². The van der Waals surface area contributed by atoms with Crippen molar-refractivity contribution in [2.45, 2.75) is 19.9 Å². The molecule has 0 radical (unpaired) electrons. The molecule has 0 spiro atoms. The first-order valence-corrected chi connectivity index (χ1v) is 8.22. The van der Waals surface area contributed by atoms with Gasteiger partial charge in [-0.15, -0.1) is 24.0 Å². The van der Waals surface area contributed by atoms with E-state index in [9.17, 15) is 9.18 Å². The molecule has 142 valence electrons. The summed E-state index contributed by atoms with van der Waals surface area (Å²) in [6.07, 6.45) is 4.54. The standard InChI is InChI=1S/C17H23FN6O.HI/c1-2-19-17(20-8-4-10-24-11-5-9-22-24)21-13-16(25)23-15-7-3-6-14(18)12-15;/h3,5-7,9,11-12H,2,4,8,10,13H2,1H3,(H,23,25)(H2,19,20,21);1H. The molecule has 1 heterocycles. The van der Waals surface area contributed by atoms with Gasteiger partial charge in [0, 0.05) is 37.7 Å². The quantitative estimate of drug-likeness (QED) is 0.237. The average Bonchev–Trinajstić information content (AvgIpc) is 3.10. The normalized spacial score (nSPS) is 10.8. The summed E-state index contributed by atoms with van der Waals surface area (Å²) in [4.78, 5) is 16.1. The van der Waals surface area contributed by atoms with Gasteiger partial charge in [-0.25, -0.2) is 9.38 Å². The maximum Gasteiger partial charge on any atom is 0.246 e. The number of rotatable bonds is 8. The molecule has 1 aromatic heterocycles. The smallest absolute Gasteiger partial charge is 0.246 e. The van der Waals surface area contributed by atoms with Crippen molar-refractivity contribution in [3.63, 3.8) is 0 Å². The van der Waals surface area contributed by atoms with E-state index in [2.05, 4.69) is 26.0 Å². The molecule has 1 amide bonds. The van der Waals surface area contributed by atoms with Crippen molar-refractivity contribution in [3.05, 3.63) is 48.5 Å². The van der Waals surface area contributed by atoms with E-state index in [1.807, 2.05) is 23.9 Å². The molecule has 0 saturated carbocycles. The molecule has 1 aromatic carbocycles. The maximum atomic E-state index is 13.1. The third-order valence-electron chi connectivity index (χ3n) is 3.25. The van der Waals surface area contributed by atoms with Crippen LogP contribution < -0.4 is 16.0 Å². The van der Waals surface area contributed by atoms with Gasteiger partial charge in [0.25, 0.3) is 0 Å². The van der Waals surface area contributed by atoms with Crippen LogP contribution in [0.4, 0.5) is 10.1 Å². The van der Waals surface area contributed by atoms with Crippen LogP contribution in [0.3, 0.4) is 0 Å². The molecule has 2 aromatic rings. The molecule has 0 aliphatic rings. The fourth-order valence-corrected chi connectivity index (χ4v) is 2.14. The zero-order valence-corrected chi connectivity index (χ0v) is 16.9. The number of guanidine groups is 1. The molecule has 0 aliphatic heterocycles. The summed E-state index contributed by atoms with van der Waals surface area (Å²) in [5.41, 5.74) is 0.414. The summed E-state index contributed by atoms with van der Waals surface area (Å²) in [6, 6.07) is 7.64. The number of amides is 1. The second-order valence-electron chi connectivity index (χ2n) is 5.30. The van der Waals surface area contributed by atoms with Crippen molar-refractivity contribution in [1.82, 2.24) is 20.4 Å². The topological polar surface area (TPSA) is 83.3 Å². The predicted octanol–water partition coefficient (Wildman–Crippen LogP) is 2.22. The molecule has 0 saturated heterocycles. The maximum absolute atomic E-state index is 13.1. The first kappa shape index (κ1) is 21.9. The number of anilines is 1. The van der Waals surface area contributed by atoms with Gasteiger partial charge in [-0.2, -0.15) is 5.10 Å². The fraction of sp³-hybridized carbons (Fsp3) is 0.353. The van der Waals surface area contributed by atoms with Gasteiger partial charge < -0.3 is 16.0 Å². The molecule has 0 unspecified atom stereocenters. The molecule has 26 heavy (non-hydrogen) atoms. The van der Waals surface area contributed by atoms with Gasteiger partial charge in [-0.3, -0.25) is 9.48 Å². The number of benzene rings is 1. The van der Waals surface area contributed by atoms with Crippen LogP contribution in [-0.4, -0.2) is 41.3 Å². The lowest BCUT2D eigenvalue weighted by Crippen LogP contribution is -2.38. The minimum Gasteiger partial charge on any atom is -0.357 e. The van der Waals surface area contributed by atoms with Crippen molar-refractivity contribution in [2.24, 2.45) is 4.99 Å². The second kappa shape index (κ2) is 12.2. The Morgan fingerprint density at radius 1 is 1.31 bits per heavy atom. The van der Waals surface area contributed by atoms with Gasteiger partial charge in [-0.1, -0.05) is 6.07 Å². The number of nitrogens with zero attached hydrogens (tertiary/aromatic N) is 3. The van der Waals surface area contributed by atoms with Crippen LogP contribution in [0.25, 0.3) is 0 Å². The fourth-order valence-electron chi connectivity index (χ4n) is 2.14. The highest BCUT2D eigenvalue weighted by atomic mass is 127. The molecule has 2 rings (SSSR count). The Hall–Kier alpha value is -2.17. The van der Waals surface area contributed by atoms with E-state index in [0.717, 1.165) is 13.0 Å². The van der Waals surface area contributed by atoms with Gasteiger partial charge in [-0.05, 0) is 37.6 Å². The van der Waals surface area contributed by atoms with E-state index in [1.165, 1.54) is 12.1 Å². The van der Waals surface area contributed by atoms with Crippen molar-refractivity contribution < 1.29 is 9.18 Å². The van der Waals surface area contributed by atoms with E-state index >= 15 is 0 Å². The van der Waals surface area contributed by atoms with E-state index in [4.69, 9.17) is 0 Å². The largest absolute Gasteiger partial charge is 0.357 e. The van der Waals surface area contributed by atoms with Gasteiger partial charge in [0.1, 0.15) is 12.4 Å². The van der Waals surface area contributed by atoms with Crippen molar-refractivity contribution in [2.75, 3.05) is 25.0 Å². The summed E-state index contributed by atoms with van der Waals surface area (Å²) in [5, 5.41) is 13.0. The predicted molar refractivity (Wildman–Crippen MR) is 111 cm³/mol. The number of carbonyl (C=O) groups is 1. The highest BCUT2D eigenvalue weighted by Crippen LogP contribution is 2.08. The molecular weight excluding hydrogens is 450 g/mol. The summed E-state index contributed by atoms with van der Waals surface area (Å²) in [5.74, 6) is -0.134. The molecule has 0 bridgehead atoms. The van der Waals surface area contributed by atoms with Gasteiger partial charge in [0.2, 0.25) is 5.91 Å². The first-order chi connectivity index (χ1) is 12.2. The Morgan fingerprint density at radius 3 is 2.85 bits per heavy atom. The van der Waals surface area contributed by atoms with Gasteiger partial charge >= 0.3 is 0 Å². The number of aliphatic imine (C=N–C) groups is 1. The van der Waals surface area contributed by atoms with Crippen LogP contribution >= 0.6 is 24.0 Å². The first-order valence-electron chi connectivity index (χ1n) is 8.22. The van der Waals surface area contributed by atoms with Crippen molar-refractivity contribution >= 4 is 41.5 Å². The van der Waals surface area contributed by atoms with Crippen LogP contribution in [0.2, 0.25) is 0 Å². The zero-order valence-electron chi connectivity index (χ0n) is 14.6. The Balaban J connectivity index is 0.00000338. The van der Waals surface area contributed by atoms with E-state index in [1.54, 1.807) is 18.3 Å². The van der Waals surface area contributed by atoms with Crippen LogP contribution in [-0.2, 0) is 11.3 Å². The van der Waals surface area contributed by atoms with Crippen LogP contribution in [0.15, 0.2) is 47.7 Å². The number of hydrogen-bond donors (Lipinski definition) is 3. The minimum atomic E-state index is -0.395. The SMILES string of the molecule is CCNC(=NCC(=O)Nc1cccc(F)c1)NCCCn1cccn1.I. The van der Waals surface area contributed by atoms with Crippen molar-refractivity contribution in [3.8, 4) is 0 Å². The van der Waals surface area contributed by atoms with Gasteiger partial charge in [0.15, 0.2) is 5.96 Å². The molecule has 0 aliphatic carbocycles. The molecule has 0 fully saturated rings. The third-order valence-corrected chi connectivity index (χ3v) is 3.25. The molecule has 9 heteroatoms. The highest BCUT2D eigenvalue weighted by molar-refractivity contribution is 14.0. The number of aryl methyl sites for hydroxylation is 1. The lowest BCUT2D eigenvalue weighted by Gasteiger charge is -2.11. The lowest BCUT2D eigenvalue weighted by atomic mass is 10.3. The Labute approximate surface area is 169 Å². The summed E-state index contributed by atoms with van der Waals surface area (Å²) >= 11 is 0. The van der Waals surface area contributed by atoms with Crippen LogP contribution in [0, 0.1) is 5.82 Å². The van der Waals surface area contributed by atoms with E-state index < -0.39 is 5.82 Å². The van der Waals surface area contributed by atoms with Crippen LogP contribution in [0.5, 0.6) is 0 Å². The number of nitrogens with one attached hydrogen (secondary N) is 3. The average molecular weight is 474 g/mol. The third kappa shape index (κ3) is 8.28. The monoisotopic (exact) mass is 474 g/mol. The Bertz CT molecular complexity index is 692. The second-order valence-corrected chi connectivity index (χ2v) is 5.30. The highest BCUT2D eigenvalue weighted by Gasteiger charge is 2.04. The minimum absolute atomic E-state index is 0. The summed E-state index contributed by atoms with van der Waals surface area (Å²) < 4.78 is 15.0. The number of aromatic nitrogens is 2. The van der Waals surface area contributed by atoms with Crippen molar-refractivity contribution in [1.29, 1.82) is 0 Å². The number of hydrogen-bond acceptors (Lipinski definition) is 3. The Kier molecular flexibility index (Phi) is 10.3. The van der Waals surface area contributed by atoms with Gasteiger partial charge in [0.05, 0.1) is 0 Å². The molecule has 3 N–H and O–H groups in total. The summed E-state index contributed by atoms with van der Waals surface area (Å²) in [7, 11) is 0. The summed E-state index contributed by atoms with van der Waals surface area (Å²) in [6.45, 7) is 4.10. The Morgan fingerprint density at radius 2 is 2.15 bits per heavy atom. The zero-order chi connectivity index (χ0) is 17.9. The lowest BCUT2D eigenvalue weighted by molar-refractivity contribution is -0.114. The number of halogens is 2. The van der Waals surface area contributed by atoms with Crippen LogP contribution in [0.1, 0.15) is 13.3 Å².